The highest BCUT2D eigenvalue weighted by molar-refractivity contribution is 6.20. The SMILES string of the molecule is COc1cc2ncnc(C(=O)c3cccc4ccccc34)c2cc1OC. The van der Waals surface area contributed by atoms with Crippen molar-refractivity contribution >= 4 is 27.5 Å². The Morgan fingerprint density at radius 3 is 2.38 bits per heavy atom. The van der Waals surface area contributed by atoms with Crippen LogP contribution in [0.5, 0.6) is 11.5 Å². The molecule has 0 radical (unpaired) electrons. The lowest BCUT2D eigenvalue weighted by Crippen LogP contribution is -2.07. The minimum atomic E-state index is -0.151. The van der Waals surface area contributed by atoms with E-state index in [0.717, 1.165) is 10.8 Å². The quantitative estimate of drug-likeness (QED) is 0.523. The second-order valence-electron chi connectivity index (χ2n) is 5.80. The van der Waals surface area contributed by atoms with E-state index in [0.29, 0.717) is 33.7 Å². The van der Waals surface area contributed by atoms with Gasteiger partial charge in [-0.05, 0) is 16.8 Å². The van der Waals surface area contributed by atoms with Crippen molar-refractivity contribution in [2.24, 2.45) is 0 Å². The molecule has 4 rings (SSSR count). The monoisotopic (exact) mass is 344 g/mol. The minimum Gasteiger partial charge on any atom is -0.493 e. The number of nitrogens with zero attached hydrogens (tertiary/aromatic N) is 2. The summed E-state index contributed by atoms with van der Waals surface area (Å²) in [5.74, 6) is 0.936. The van der Waals surface area contributed by atoms with E-state index in [1.807, 2.05) is 42.5 Å². The van der Waals surface area contributed by atoms with Crippen LogP contribution in [-0.4, -0.2) is 30.0 Å². The summed E-state index contributed by atoms with van der Waals surface area (Å²) in [6.45, 7) is 0. The highest BCUT2D eigenvalue weighted by Crippen LogP contribution is 2.33. The largest absolute Gasteiger partial charge is 0.493 e. The number of carbonyl (C=O) groups excluding carboxylic acids is 1. The number of carbonyl (C=O) groups is 1. The van der Waals surface area contributed by atoms with Gasteiger partial charge in [0.25, 0.3) is 0 Å². The highest BCUT2D eigenvalue weighted by atomic mass is 16.5. The maximum Gasteiger partial charge on any atom is 0.212 e. The summed E-state index contributed by atoms with van der Waals surface area (Å²) in [6, 6.07) is 17.0. The molecule has 1 heterocycles. The molecule has 0 spiro atoms. The molecular weight excluding hydrogens is 328 g/mol. The molecule has 26 heavy (non-hydrogen) atoms. The fourth-order valence-corrected chi connectivity index (χ4v) is 3.11. The van der Waals surface area contributed by atoms with E-state index in [1.54, 1.807) is 26.4 Å². The number of rotatable bonds is 4. The van der Waals surface area contributed by atoms with E-state index >= 15 is 0 Å². The van der Waals surface area contributed by atoms with Crippen LogP contribution in [0.25, 0.3) is 21.7 Å². The average Bonchev–Trinajstić information content (AvgIpc) is 2.71. The summed E-state index contributed by atoms with van der Waals surface area (Å²) in [5.41, 5.74) is 1.58. The number of benzene rings is 3. The van der Waals surface area contributed by atoms with Gasteiger partial charge in [0, 0.05) is 17.0 Å². The second kappa shape index (κ2) is 6.44. The molecule has 0 unspecified atom stereocenters. The summed E-state index contributed by atoms with van der Waals surface area (Å²) < 4.78 is 10.7. The molecule has 0 bridgehead atoms. The van der Waals surface area contributed by atoms with Crippen molar-refractivity contribution in [3.05, 3.63) is 72.2 Å². The number of hydrogen-bond donors (Lipinski definition) is 0. The van der Waals surface area contributed by atoms with Crippen LogP contribution >= 0.6 is 0 Å². The molecule has 0 saturated heterocycles. The Labute approximate surface area is 150 Å². The van der Waals surface area contributed by atoms with Gasteiger partial charge in [-0.25, -0.2) is 9.97 Å². The van der Waals surface area contributed by atoms with Crippen LogP contribution in [0.2, 0.25) is 0 Å². The number of hydrogen-bond acceptors (Lipinski definition) is 5. The third-order valence-electron chi connectivity index (χ3n) is 4.39. The van der Waals surface area contributed by atoms with Crippen LogP contribution in [0.4, 0.5) is 0 Å². The average molecular weight is 344 g/mol. The molecule has 0 aliphatic carbocycles. The lowest BCUT2D eigenvalue weighted by Gasteiger charge is -2.11. The van der Waals surface area contributed by atoms with Gasteiger partial charge in [0.2, 0.25) is 5.78 Å². The Kier molecular flexibility index (Phi) is 3.97. The first-order chi connectivity index (χ1) is 12.7. The van der Waals surface area contributed by atoms with Crippen molar-refractivity contribution in [3.63, 3.8) is 0 Å². The molecule has 0 atom stereocenters. The molecule has 0 fully saturated rings. The van der Waals surface area contributed by atoms with Gasteiger partial charge < -0.3 is 9.47 Å². The highest BCUT2D eigenvalue weighted by Gasteiger charge is 2.19. The molecule has 3 aromatic carbocycles. The van der Waals surface area contributed by atoms with Crippen molar-refractivity contribution in [2.45, 2.75) is 0 Å². The van der Waals surface area contributed by atoms with Gasteiger partial charge in [0.15, 0.2) is 11.5 Å². The first kappa shape index (κ1) is 16.0. The number of ether oxygens (including phenoxy) is 2. The van der Waals surface area contributed by atoms with Crippen molar-refractivity contribution in [3.8, 4) is 11.5 Å². The van der Waals surface area contributed by atoms with Crippen molar-refractivity contribution in [2.75, 3.05) is 14.2 Å². The van der Waals surface area contributed by atoms with Crippen molar-refractivity contribution in [1.29, 1.82) is 0 Å². The summed E-state index contributed by atoms with van der Waals surface area (Å²) in [5, 5.41) is 2.53. The molecule has 4 aromatic rings. The first-order valence-corrected chi connectivity index (χ1v) is 8.12. The Morgan fingerprint density at radius 2 is 1.58 bits per heavy atom. The van der Waals surface area contributed by atoms with Gasteiger partial charge >= 0.3 is 0 Å². The minimum absolute atomic E-state index is 0.151. The van der Waals surface area contributed by atoms with Gasteiger partial charge in [-0.1, -0.05) is 42.5 Å². The zero-order valence-electron chi connectivity index (χ0n) is 14.4. The normalized spacial score (nSPS) is 10.8. The molecule has 5 heteroatoms. The van der Waals surface area contributed by atoms with Crippen LogP contribution in [0, 0.1) is 0 Å². The Morgan fingerprint density at radius 1 is 0.846 bits per heavy atom. The van der Waals surface area contributed by atoms with Crippen LogP contribution in [0.15, 0.2) is 60.9 Å². The van der Waals surface area contributed by atoms with Crippen LogP contribution in [0.1, 0.15) is 16.1 Å². The van der Waals surface area contributed by atoms with E-state index < -0.39 is 0 Å². The van der Waals surface area contributed by atoms with Crippen LogP contribution < -0.4 is 9.47 Å². The molecule has 5 nitrogen and oxygen atoms in total. The fraction of sp³-hybridized carbons (Fsp3) is 0.0952. The predicted molar refractivity (Wildman–Crippen MR) is 100 cm³/mol. The maximum atomic E-state index is 13.3. The first-order valence-electron chi connectivity index (χ1n) is 8.12. The number of ketones is 1. The smallest absolute Gasteiger partial charge is 0.212 e. The van der Waals surface area contributed by atoms with Gasteiger partial charge in [-0.15, -0.1) is 0 Å². The van der Waals surface area contributed by atoms with Crippen molar-refractivity contribution in [1.82, 2.24) is 9.97 Å². The molecule has 0 N–H and O–H groups in total. The molecular formula is C21H16N2O3. The lowest BCUT2D eigenvalue weighted by atomic mass is 9.98. The topological polar surface area (TPSA) is 61.3 Å². The standard InChI is InChI=1S/C21H16N2O3/c1-25-18-10-16-17(11-19(18)26-2)22-12-23-20(16)21(24)15-9-5-7-13-6-3-4-8-14(13)15/h3-12H,1-2H3. The number of fused-ring (bicyclic) bond motifs is 2. The van der Waals surface area contributed by atoms with E-state index in [1.165, 1.54) is 6.33 Å². The molecule has 1 aromatic heterocycles. The summed E-state index contributed by atoms with van der Waals surface area (Å²) in [6.07, 6.45) is 1.40. The Bertz CT molecular complexity index is 1130. The van der Waals surface area contributed by atoms with Crippen molar-refractivity contribution < 1.29 is 14.3 Å². The van der Waals surface area contributed by atoms with Gasteiger partial charge in [0.05, 0.1) is 19.7 Å². The summed E-state index contributed by atoms with van der Waals surface area (Å²) in [7, 11) is 3.12. The Hall–Kier alpha value is -3.47. The lowest BCUT2D eigenvalue weighted by molar-refractivity contribution is 0.103. The third-order valence-corrected chi connectivity index (χ3v) is 4.39. The molecule has 0 saturated carbocycles. The zero-order chi connectivity index (χ0) is 18.1. The van der Waals surface area contributed by atoms with E-state index in [2.05, 4.69) is 9.97 Å². The van der Waals surface area contributed by atoms with Gasteiger partial charge in [0.1, 0.15) is 12.0 Å². The maximum absolute atomic E-state index is 13.3. The molecule has 0 aliphatic rings. The number of aromatic nitrogens is 2. The summed E-state index contributed by atoms with van der Waals surface area (Å²) >= 11 is 0. The third kappa shape index (κ3) is 2.54. The van der Waals surface area contributed by atoms with Crippen LogP contribution in [-0.2, 0) is 0 Å². The van der Waals surface area contributed by atoms with E-state index in [9.17, 15) is 4.79 Å². The van der Waals surface area contributed by atoms with Gasteiger partial charge in [-0.3, -0.25) is 4.79 Å². The molecule has 0 aliphatic heterocycles. The summed E-state index contributed by atoms with van der Waals surface area (Å²) in [4.78, 5) is 21.8. The van der Waals surface area contributed by atoms with Gasteiger partial charge in [-0.2, -0.15) is 0 Å². The second-order valence-corrected chi connectivity index (χ2v) is 5.80. The van der Waals surface area contributed by atoms with E-state index in [-0.39, 0.29) is 5.78 Å². The van der Waals surface area contributed by atoms with Crippen LogP contribution in [0.3, 0.4) is 0 Å². The molecule has 0 amide bonds. The van der Waals surface area contributed by atoms with E-state index in [4.69, 9.17) is 9.47 Å². The fourth-order valence-electron chi connectivity index (χ4n) is 3.11. The Balaban J connectivity index is 1.94. The molecule has 128 valence electrons. The predicted octanol–water partition coefficient (Wildman–Crippen LogP) is 4.03. The zero-order valence-corrected chi connectivity index (χ0v) is 14.4. The number of methoxy groups -OCH3 is 2.